The zero-order valence-electron chi connectivity index (χ0n) is 10.2. The third kappa shape index (κ3) is 1.91. The van der Waals surface area contributed by atoms with Crippen molar-refractivity contribution in [2.45, 2.75) is 6.04 Å². The highest BCUT2D eigenvalue weighted by atomic mass is 79.9. The van der Waals surface area contributed by atoms with Crippen molar-refractivity contribution in [3.8, 4) is 6.07 Å². The first-order valence-corrected chi connectivity index (χ1v) is 7.07. The Morgan fingerprint density at radius 1 is 1.25 bits per heavy atom. The summed E-state index contributed by atoms with van der Waals surface area (Å²) in [5.41, 5.74) is 1.92. The molecule has 3 nitrogen and oxygen atoms in total. The van der Waals surface area contributed by atoms with Crippen molar-refractivity contribution in [3.05, 3.63) is 63.1 Å². The summed E-state index contributed by atoms with van der Waals surface area (Å²) in [5.74, 6) is -0.175. The van der Waals surface area contributed by atoms with Crippen molar-refractivity contribution in [1.29, 1.82) is 5.26 Å². The normalized spacial score (nSPS) is 16.9. The second kappa shape index (κ2) is 4.93. The molecule has 0 saturated carbocycles. The van der Waals surface area contributed by atoms with E-state index in [1.807, 2.05) is 12.1 Å². The zero-order chi connectivity index (χ0) is 14.3. The van der Waals surface area contributed by atoms with Gasteiger partial charge in [-0.05, 0) is 40.2 Å². The van der Waals surface area contributed by atoms with Crippen molar-refractivity contribution in [3.63, 3.8) is 0 Å². The van der Waals surface area contributed by atoms with Gasteiger partial charge in [-0.15, -0.1) is 0 Å². The number of anilines is 1. The zero-order valence-corrected chi connectivity index (χ0v) is 12.5. The first-order valence-electron chi connectivity index (χ1n) is 5.90. The lowest BCUT2D eigenvalue weighted by atomic mass is 10.1. The molecular weight excluding hydrogens is 340 g/mol. The van der Waals surface area contributed by atoms with Crippen LogP contribution in [-0.4, -0.2) is 5.91 Å². The molecule has 1 atom stereocenters. The molecule has 1 unspecified atom stereocenters. The number of amides is 1. The lowest BCUT2D eigenvalue weighted by molar-refractivity contribution is 0.0994. The minimum Gasteiger partial charge on any atom is -0.288 e. The summed E-state index contributed by atoms with van der Waals surface area (Å²) in [6.07, 6.45) is 0. The van der Waals surface area contributed by atoms with Crippen LogP contribution in [0.5, 0.6) is 0 Å². The van der Waals surface area contributed by atoms with Gasteiger partial charge in [0.1, 0.15) is 0 Å². The van der Waals surface area contributed by atoms with Gasteiger partial charge in [-0.25, -0.2) is 0 Å². The third-order valence-electron chi connectivity index (χ3n) is 3.27. The fourth-order valence-electron chi connectivity index (χ4n) is 2.34. The standard InChI is InChI=1S/C15H8BrClN2O/c16-12-6-5-9(7-13(12)17)19-14(8-18)10-3-1-2-4-11(10)15(19)20/h1-7,14H. The van der Waals surface area contributed by atoms with E-state index in [0.717, 1.165) is 10.0 Å². The molecule has 1 aliphatic heterocycles. The minimum absolute atomic E-state index is 0.175. The van der Waals surface area contributed by atoms with E-state index in [9.17, 15) is 10.1 Å². The largest absolute Gasteiger partial charge is 0.288 e. The van der Waals surface area contributed by atoms with E-state index < -0.39 is 6.04 Å². The molecule has 0 aliphatic carbocycles. The van der Waals surface area contributed by atoms with Gasteiger partial charge < -0.3 is 0 Å². The van der Waals surface area contributed by atoms with E-state index in [1.54, 1.807) is 30.3 Å². The molecule has 0 spiro atoms. The topological polar surface area (TPSA) is 44.1 Å². The molecule has 0 saturated heterocycles. The first kappa shape index (κ1) is 13.2. The summed E-state index contributed by atoms with van der Waals surface area (Å²) in [7, 11) is 0. The highest BCUT2D eigenvalue weighted by molar-refractivity contribution is 9.10. The smallest absolute Gasteiger partial charge is 0.260 e. The first-order chi connectivity index (χ1) is 9.63. The Morgan fingerprint density at radius 3 is 2.70 bits per heavy atom. The van der Waals surface area contributed by atoms with Gasteiger partial charge >= 0.3 is 0 Å². The predicted octanol–water partition coefficient (Wildman–Crippen LogP) is 4.33. The maximum absolute atomic E-state index is 12.5. The van der Waals surface area contributed by atoms with Crippen molar-refractivity contribution in [1.82, 2.24) is 0 Å². The van der Waals surface area contributed by atoms with Crippen LogP contribution in [0.25, 0.3) is 0 Å². The van der Waals surface area contributed by atoms with Crippen LogP contribution in [0.3, 0.4) is 0 Å². The average Bonchev–Trinajstić information content (AvgIpc) is 2.75. The van der Waals surface area contributed by atoms with Crippen LogP contribution in [0.2, 0.25) is 5.02 Å². The highest BCUT2D eigenvalue weighted by Crippen LogP contribution is 2.38. The number of nitrogens with zero attached hydrogens (tertiary/aromatic N) is 2. The van der Waals surface area contributed by atoms with Crippen LogP contribution in [0, 0.1) is 11.3 Å². The number of nitriles is 1. The van der Waals surface area contributed by atoms with Crippen molar-refractivity contribution >= 4 is 39.1 Å². The molecular formula is C15H8BrClN2O. The molecule has 1 amide bonds. The Balaban J connectivity index is 2.13. The lowest BCUT2D eigenvalue weighted by Gasteiger charge is -2.20. The van der Waals surface area contributed by atoms with Gasteiger partial charge in [0.2, 0.25) is 0 Å². The predicted molar refractivity (Wildman–Crippen MR) is 80.8 cm³/mol. The van der Waals surface area contributed by atoms with Gasteiger partial charge in [0, 0.05) is 21.3 Å². The Morgan fingerprint density at radius 2 is 2.00 bits per heavy atom. The fraction of sp³-hybridized carbons (Fsp3) is 0.0667. The summed E-state index contributed by atoms with van der Waals surface area (Å²) < 4.78 is 0.751. The van der Waals surface area contributed by atoms with Crippen molar-refractivity contribution in [2.24, 2.45) is 0 Å². The number of fused-ring (bicyclic) bond motifs is 1. The SMILES string of the molecule is N#CC1c2ccccc2C(=O)N1c1ccc(Br)c(Cl)c1. The number of hydrogen-bond acceptors (Lipinski definition) is 2. The molecule has 0 bridgehead atoms. The van der Waals surface area contributed by atoms with E-state index in [0.29, 0.717) is 16.3 Å². The lowest BCUT2D eigenvalue weighted by Crippen LogP contribution is -2.26. The van der Waals surface area contributed by atoms with Crippen molar-refractivity contribution < 1.29 is 4.79 Å². The Labute approximate surface area is 129 Å². The molecule has 3 rings (SSSR count). The molecule has 98 valence electrons. The maximum Gasteiger partial charge on any atom is 0.260 e. The number of hydrogen-bond donors (Lipinski definition) is 0. The summed E-state index contributed by atoms with van der Waals surface area (Å²) in [5, 5.41) is 9.90. The quantitative estimate of drug-likeness (QED) is 0.771. The summed E-state index contributed by atoms with van der Waals surface area (Å²) >= 11 is 9.39. The molecule has 0 fully saturated rings. The average molecular weight is 348 g/mol. The van der Waals surface area contributed by atoms with Crippen LogP contribution >= 0.6 is 27.5 Å². The number of rotatable bonds is 1. The third-order valence-corrected chi connectivity index (χ3v) is 4.50. The van der Waals surface area contributed by atoms with Crippen LogP contribution < -0.4 is 4.90 Å². The van der Waals surface area contributed by atoms with E-state index in [1.165, 1.54) is 4.90 Å². The van der Waals surface area contributed by atoms with Gasteiger partial charge in [0.05, 0.1) is 11.1 Å². The second-order valence-electron chi connectivity index (χ2n) is 4.39. The van der Waals surface area contributed by atoms with Crippen LogP contribution in [0.15, 0.2) is 46.9 Å². The Hall–Kier alpha value is -1.83. The van der Waals surface area contributed by atoms with Gasteiger partial charge in [-0.1, -0.05) is 29.8 Å². The molecule has 5 heteroatoms. The fourth-order valence-corrected chi connectivity index (χ4v) is 2.77. The summed E-state index contributed by atoms with van der Waals surface area (Å²) in [4.78, 5) is 14.0. The van der Waals surface area contributed by atoms with Gasteiger partial charge in [-0.3, -0.25) is 9.69 Å². The second-order valence-corrected chi connectivity index (χ2v) is 5.65. The number of carbonyl (C=O) groups is 1. The monoisotopic (exact) mass is 346 g/mol. The summed E-state index contributed by atoms with van der Waals surface area (Å²) in [6.45, 7) is 0. The van der Waals surface area contributed by atoms with Crippen LogP contribution in [0.1, 0.15) is 22.0 Å². The van der Waals surface area contributed by atoms with Crippen molar-refractivity contribution in [2.75, 3.05) is 4.90 Å². The van der Waals surface area contributed by atoms with Crippen LogP contribution in [-0.2, 0) is 0 Å². The van der Waals surface area contributed by atoms with Gasteiger partial charge in [-0.2, -0.15) is 5.26 Å². The van der Waals surface area contributed by atoms with Crippen LogP contribution in [0.4, 0.5) is 5.69 Å². The molecule has 1 aliphatic rings. The Kier molecular flexibility index (Phi) is 3.25. The number of carbonyl (C=O) groups excluding carboxylic acids is 1. The molecule has 1 heterocycles. The van der Waals surface area contributed by atoms with E-state index in [4.69, 9.17) is 11.6 Å². The Bertz CT molecular complexity index is 754. The number of benzene rings is 2. The minimum atomic E-state index is -0.615. The van der Waals surface area contributed by atoms with Gasteiger partial charge in [0.15, 0.2) is 6.04 Å². The number of halogens is 2. The molecule has 0 aromatic heterocycles. The molecule has 20 heavy (non-hydrogen) atoms. The van der Waals surface area contributed by atoms with E-state index in [2.05, 4.69) is 22.0 Å². The van der Waals surface area contributed by atoms with Gasteiger partial charge in [0.25, 0.3) is 5.91 Å². The maximum atomic E-state index is 12.5. The molecule has 0 N–H and O–H groups in total. The van der Waals surface area contributed by atoms with E-state index >= 15 is 0 Å². The molecule has 2 aromatic carbocycles. The highest BCUT2D eigenvalue weighted by Gasteiger charge is 2.37. The molecule has 2 aromatic rings. The summed E-state index contributed by atoms with van der Waals surface area (Å²) in [6, 6.07) is 14.0. The van der Waals surface area contributed by atoms with E-state index in [-0.39, 0.29) is 5.91 Å². The molecule has 0 radical (unpaired) electrons.